The van der Waals surface area contributed by atoms with E-state index in [-0.39, 0.29) is 16.9 Å². The monoisotopic (exact) mass is 339 g/mol. The molecule has 24 heavy (non-hydrogen) atoms. The fraction of sp³-hybridized carbons (Fsp3) is 0.500. The number of halogens is 3. The lowest BCUT2D eigenvalue weighted by Gasteiger charge is -2.29. The van der Waals surface area contributed by atoms with Crippen molar-refractivity contribution in [2.75, 3.05) is 18.6 Å². The van der Waals surface area contributed by atoms with Crippen LogP contribution in [0.1, 0.15) is 37.4 Å². The van der Waals surface area contributed by atoms with Crippen LogP contribution in [0.15, 0.2) is 36.4 Å². The van der Waals surface area contributed by atoms with E-state index in [9.17, 15) is 18.0 Å². The molecule has 1 spiro atoms. The number of hydrogen-bond acceptors (Lipinski definition) is 2. The number of hydrogen-bond donors (Lipinski definition) is 0. The number of ether oxygens (including phenoxy) is 1. The first-order valence-electron chi connectivity index (χ1n) is 8.04. The van der Waals surface area contributed by atoms with E-state index in [2.05, 4.69) is 16.9 Å². The average molecular weight is 339 g/mol. The van der Waals surface area contributed by atoms with E-state index in [1.165, 1.54) is 12.1 Å². The lowest BCUT2D eigenvalue weighted by atomic mass is 9.76. The zero-order chi connectivity index (χ0) is 17.4. The number of allylic oxidation sites excluding steroid dienone is 2. The van der Waals surface area contributed by atoms with E-state index < -0.39 is 12.3 Å². The number of carbonyl (C=O) groups excluding carboxylic acids is 1. The van der Waals surface area contributed by atoms with E-state index in [0.717, 1.165) is 32.8 Å². The molecule has 130 valence electrons. The second-order valence-corrected chi connectivity index (χ2v) is 6.45. The first-order chi connectivity index (χ1) is 11.4. The molecule has 1 fully saturated rings. The standard InChI is InChI=1S/C18H20F3NO2/c1-24-15(18(19,20)21)13-5-7-14(8-6-13)22-12-11-17(16(22)23)9-3-2-4-10-17/h2-3,5-8,15H,4,9-12H2,1H3/t15-,17?/m1/s1. The smallest absolute Gasteiger partial charge is 0.367 e. The fourth-order valence-electron chi connectivity index (χ4n) is 3.66. The van der Waals surface area contributed by atoms with Crippen molar-refractivity contribution >= 4 is 11.6 Å². The van der Waals surface area contributed by atoms with Crippen molar-refractivity contribution in [3.05, 3.63) is 42.0 Å². The van der Waals surface area contributed by atoms with Crippen LogP contribution in [0.2, 0.25) is 0 Å². The summed E-state index contributed by atoms with van der Waals surface area (Å²) in [4.78, 5) is 14.5. The molecule has 0 bridgehead atoms. The van der Waals surface area contributed by atoms with Crippen molar-refractivity contribution in [1.82, 2.24) is 0 Å². The molecule has 0 aromatic heterocycles. The molecule has 3 rings (SSSR count). The highest BCUT2D eigenvalue weighted by Crippen LogP contribution is 2.44. The summed E-state index contributed by atoms with van der Waals surface area (Å²) in [6.07, 6.45) is 1.03. The third-order valence-corrected chi connectivity index (χ3v) is 5.02. The van der Waals surface area contributed by atoms with Gasteiger partial charge in [-0.15, -0.1) is 0 Å². The second kappa shape index (κ2) is 6.24. The Kier molecular flexibility index (Phi) is 4.42. The normalized spacial score (nSPS) is 25.5. The molecule has 1 saturated heterocycles. The van der Waals surface area contributed by atoms with E-state index in [1.807, 2.05) is 0 Å². The lowest BCUT2D eigenvalue weighted by Crippen LogP contribution is -2.35. The topological polar surface area (TPSA) is 29.5 Å². The van der Waals surface area contributed by atoms with Gasteiger partial charge in [0.2, 0.25) is 5.91 Å². The SMILES string of the molecule is CO[C@H](c1ccc(N2CCC3(CC=CCC3)C2=O)cc1)C(F)(F)F. The van der Waals surface area contributed by atoms with Crippen molar-refractivity contribution < 1.29 is 22.7 Å². The summed E-state index contributed by atoms with van der Waals surface area (Å²) in [5, 5.41) is 0. The van der Waals surface area contributed by atoms with Crippen LogP contribution in [0.25, 0.3) is 0 Å². The summed E-state index contributed by atoms with van der Waals surface area (Å²) >= 11 is 0. The molecule has 2 aliphatic rings. The molecule has 1 unspecified atom stereocenters. The molecule has 0 radical (unpaired) electrons. The summed E-state index contributed by atoms with van der Waals surface area (Å²) in [6.45, 7) is 0.610. The number of amides is 1. The van der Waals surface area contributed by atoms with Crippen molar-refractivity contribution in [2.24, 2.45) is 5.41 Å². The van der Waals surface area contributed by atoms with Crippen molar-refractivity contribution in [3.63, 3.8) is 0 Å². The predicted octanol–water partition coefficient (Wildman–Crippen LogP) is 4.40. The lowest BCUT2D eigenvalue weighted by molar-refractivity contribution is -0.215. The summed E-state index contributed by atoms with van der Waals surface area (Å²) in [5.41, 5.74) is 0.358. The van der Waals surface area contributed by atoms with Gasteiger partial charge in [-0.25, -0.2) is 0 Å². The van der Waals surface area contributed by atoms with E-state index in [1.54, 1.807) is 17.0 Å². The summed E-state index contributed by atoms with van der Waals surface area (Å²) in [5.74, 6) is 0.0821. The summed E-state index contributed by atoms with van der Waals surface area (Å²) in [7, 11) is 1.04. The Morgan fingerprint density at radius 2 is 1.88 bits per heavy atom. The third-order valence-electron chi connectivity index (χ3n) is 5.02. The molecule has 1 amide bonds. The average Bonchev–Trinajstić information content (AvgIpc) is 2.85. The number of benzene rings is 1. The fourth-order valence-corrected chi connectivity index (χ4v) is 3.66. The number of alkyl halides is 3. The Hall–Kier alpha value is -1.82. The quantitative estimate of drug-likeness (QED) is 0.764. The van der Waals surface area contributed by atoms with Gasteiger partial charge < -0.3 is 9.64 Å². The minimum Gasteiger partial charge on any atom is -0.367 e. The predicted molar refractivity (Wildman–Crippen MR) is 84.6 cm³/mol. The Morgan fingerprint density at radius 3 is 2.42 bits per heavy atom. The minimum absolute atomic E-state index is 0.0377. The van der Waals surface area contributed by atoms with Gasteiger partial charge in [0.25, 0.3) is 0 Å². The van der Waals surface area contributed by atoms with Crippen LogP contribution in [0.3, 0.4) is 0 Å². The molecular formula is C18H20F3NO2. The van der Waals surface area contributed by atoms with Gasteiger partial charge in [0.15, 0.2) is 6.10 Å². The number of methoxy groups -OCH3 is 1. The number of carbonyl (C=O) groups is 1. The van der Waals surface area contributed by atoms with Crippen LogP contribution in [0.4, 0.5) is 18.9 Å². The van der Waals surface area contributed by atoms with Crippen LogP contribution in [0, 0.1) is 5.41 Å². The van der Waals surface area contributed by atoms with E-state index in [0.29, 0.717) is 12.2 Å². The largest absolute Gasteiger partial charge is 0.418 e. The van der Waals surface area contributed by atoms with Crippen LogP contribution >= 0.6 is 0 Å². The minimum atomic E-state index is -4.46. The summed E-state index contributed by atoms with van der Waals surface area (Å²) in [6, 6.07) is 5.91. The number of anilines is 1. The molecule has 1 heterocycles. The molecule has 1 aromatic carbocycles. The van der Waals surface area contributed by atoms with Crippen LogP contribution in [-0.2, 0) is 9.53 Å². The first kappa shape index (κ1) is 17.0. The molecule has 3 nitrogen and oxygen atoms in total. The molecule has 6 heteroatoms. The van der Waals surface area contributed by atoms with Crippen molar-refractivity contribution in [1.29, 1.82) is 0 Å². The molecule has 2 atom stereocenters. The first-order valence-corrected chi connectivity index (χ1v) is 8.04. The third kappa shape index (κ3) is 2.95. The molecule has 1 aromatic rings. The zero-order valence-electron chi connectivity index (χ0n) is 13.5. The molecule has 1 aliphatic carbocycles. The van der Waals surface area contributed by atoms with Crippen LogP contribution < -0.4 is 4.90 Å². The van der Waals surface area contributed by atoms with E-state index >= 15 is 0 Å². The second-order valence-electron chi connectivity index (χ2n) is 6.45. The number of nitrogens with zero attached hydrogens (tertiary/aromatic N) is 1. The molecule has 0 saturated carbocycles. The van der Waals surface area contributed by atoms with Gasteiger partial charge >= 0.3 is 6.18 Å². The maximum absolute atomic E-state index is 12.9. The van der Waals surface area contributed by atoms with Gasteiger partial charge in [-0.1, -0.05) is 24.3 Å². The molecule has 0 N–H and O–H groups in total. The van der Waals surface area contributed by atoms with E-state index in [4.69, 9.17) is 0 Å². The Balaban J connectivity index is 1.79. The van der Waals surface area contributed by atoms with Gasteiger partial charge in [-0.3, -0.25) is 4.79 Å². The van der Waals surface area contributed by atoms with Gasteiger partial charge in [-0.05, 0) is 43.4 Å². The molecule has 1 aliphatic heterocycles. The Bertz CT molecular complexity index is 639. The van der Waals surface area contributed by atoms with Gasteiger partial charge in [0.05, 0.1) is 5.41 Å². The number of rotatable bonds is 3. The maximum atomic E-state index is 12.9. The Morgan fingerprint density at radius 1 is 1.17 bits per heavy atom. The highest BCUT2D eigenvalue weighted by Gasteiger charge is 2.46. The van der Waals surface area contributed by atoms with Crippen molar-refractivity contribution in [2.45, 2.75) is 38.0 Å². The highest BCUT2D eigenvalue weighted by molar-refractivity contribution is 6.00. The van der Waals surface area contributed by atoms with Gasteiger partial charge in [0, 0.05) is 19.3 Å². The highest BCUT2D eigenvalue weighted by atomic mass is 19.4. The maximum Gasteiger partial charge on any atom is 0.418 e. The van der Waals surface area contributed by atoms with Gasteiger partial charge in [-0.2, -0.15) is 13.2 Å². The zero-order valence-corrected chi connectivity index (χ0v) is 13.5. The van der Waals surface area contributed by atoms with Crippen LogP contribution in [0.5, 0.6) is 0 Å². The Labute approximate surface area is 139 Å². The van der Waals surface area contributed by atoms with Gasteiger partial charge in [0.1, 0.15) is 0 Å². The summed E-state index contributed by atoms with van der Waals surface area (Å²) < 4.78 is 43.3. The molecular weight excluding hydrogens is 319 g/mol. The van der Waals surface area contributed by atoms with Crippen molar-refractivity contribution in [3.8, 4) is 0 Å². The van der Waals surface area contributed by atoms with Crippen LogP contribution in [-0.4, -0.2) is 25.7 Å².